The quantitative estimate of drug-likeness (QED) is 0.717. The van der Waals surface area contributed by atoms with Gasteiger partial charge >= 0.3 is 6.03 Å². The van der Waals surface area contributed by atoms with Gasteiger partial charge in [0.05, 0.1) is 6.61 Å². The Morgan fingerprint density at radius 1 is 1.24 bits per heavy atom. The van der Waals surface area contributed by atoms with Gasteiger partial charge in [0.15, 0.2) is 0 Å². The largest absolute Gasteiger partial charge is 0.384 e. The SMILES string of the molecule is COCC1(CNC(=O)c2ccc(N3CCNC3=O)cc2)CCNCC1. The van der Waals surface area contributed by atoms with Crippen LogP contribution < -0.4 is 20.9 Å². The zero-order valence-electron chi connectivity index (χ0n) is 14.6. The van der Waals surface area contributed by atoms with E-state index in [-0.39, 0.29) is 17.4 Å². The van der Waals surface area contributed by atoms with E-state index in [1.54, 1.807) is 24.1 Å². The van der Waals surface area contributed by atoms with Crippen molar-refractivity contribution in [2.75, 3.05) is 51.3 Å². The summed E-state index contributed by atoms with van der Waals surface area (Å²) in [7, 11) is 1.71. The first-order valence-corrected chi connectivity index (χ1v) is 8.77. The van der Waals surface area contributed by atoms with Gasteiger partial charge in [-0.3, -0.25) is 9.69 Å². The summed E-state index contributed by atoms with van der Waals surface area (Å²) >= 11 is 0. The molecule has 0 unspecified atom stereocenters. The van der Waals surface area contributed by atoms with Crippen LogP contribution in [0.4, 0.5) is 10.5 Å². The first-order valence-electron chi connectivity index (χ1n) is 8.77. The van der Waals surface area contributed by atoms with Crippen molar-refractivity contribution in [3.8, 4) is 0 Å². The summed E-state index contributed by atoms with van der Waals surface area (Å²) in [6.07, 6.45) is 1.98. The minimum atomic E-state index is -0.0929. The van der Waals surface area contributed by atoms with Gasteiger partial charge in [0.2, 0.25) is 0 Å². The van der Waals surface area contributed by atoms with Crippen LogP contribution in [0.3, 0.4) is 0 Å². The Balaban J connectivity index is 1.60. The fourth-order valence-electron chi connectivity index (χ4n) is 3.52. The average molecular weight is 346 g/mol. The smallest absolute Gasteiger partial charge is 0.321 e. The van der Waals surface area contributed by atoms with Crippen LogP contribution in [0.1, 0.15) is 23.2 Å². The fourth-order valence-corrected chi connectivity index (χ4v) is 3.52. The molecule has 0 spiro atoms. The number of rotatable bonds is 6. The number of hydrogen-bond acceptors (Lipinski definition) is 4. The second-order valence-corrected chi connectivity index (χ2v) is 6.80. The monoisotopic (exact) mass is 346 g/mol. The highest BCUT2D eigenvalue weighted by molar-refractivity contribution is 5.97. The number of hydrogen-bond donors (Lipinski definition) is 3. The van der Waals surface area contributed by atoms with E-state index in [0.29, 0.717) is 31.8 Å². The Kier molecular flexibility index (Phi) is 5.55. The summed E-state index contributed by atoms with van der Waals surface area (Å²) in [5.74, 6) is -0.0913. The summed E-state index contributed by atoms with van der Waals surface area (Å²) in [6.45, 7) is 4.46. The van der Waals surface area contributed by atoms with Crippen LogP contribution in [0.5, 0.6) is 0 Å². The second kappa shape index (κ2) is 7.84. The first-order chi connectivity index (χ1) is 12.1. The number of nitrogens with zero attached hydrogens (tertiary/aromatic N) is 1. The van der Waals surface area contributed by atoms with Crippen LogP contribution in [0.25, 0.3) is 0 Å². The molecule has 2 aliphatic heterocycles. The highest BCUT2D eigenvalue weighted by Crippen LogP contribution is 2.28. The van der Waals surface area contributed by atoms with Gasteiger partial charge < -0.3 is 20.7 Å². The molecule has 0 atom stereocenters. The fraction of sp³-hybridized carbons (Fsp3) is 0.556. The number of urea groups is 1. The average Bonchev–Trinajstić information content (AvgIpc) is 3.07. The zero-order chi connectivity index (χ0) is 17.7. The zero-order valence-corrected chi connectivity index (χ0v) is 14.6. The van der Waals surface area contributed by atoms with Gasteiger partial charge in [-0.15, -0.1) is 0 Å². The number of nitrogens with one attached hydrogen (secondary N) is 3. The lowest BCUT2D eigenvalue weighted by atomic mass is 9.79. The number of carbonyl (C=O) groups excluding carboxylic acids is 2. The predicted octanol–water partition coefficient (Wildman–Crippen LogP) is 0.962. The minimum Gasteiger partial charge on any atom is -0.384 e. The van der Waals surface area contributed by atoms with Gasteiger partial charge in [-0.2, -0.15) is 0 Å². The molecule has 2 heterocycles. The van der Waals surface area contributed by atoms with Crippen LogP contribution >= 0.6 is 0 Å². The van der Waals surface area contributed by atoms with E-state index < -0.39 is 0 Å². The molecule has 25 heavy (non-hydrogen) atoms. The van der Waals surface area contributed by atoms with E-state index in [4.69, 9.17) is 4.74 Å². The van der Waals surface area contributed by atoms with E-state index in [1.165, 1.54) is 0 Å². The van der Waals surface area contributed by atoms with E-state index in [0.717, 1.165) is 31.6 Å². The third-order valence-corrected chi connectivity index (χ3v) is 5.04. The van der Waals surface area contributed by atoms with Gasteiger partial charge in [0, 0.05) is 43.4 Å². The van der Waals surface area contributed by atoms with Crippen molar-refractivity contribution in [3.63, 3.8) is 0 Å². The molecular formula is C18H26N4O3. The molecule has 3 N–H and O–H groups in total. The number of carbonyl (C=O) groups is 2. The molecule has 7 nitrogen and oxygen atoms in total. The topological polar surface area (TPSA) is 82.7 Å². The maximum absolute atomic E-state index is 12.5. The van der Waals surface area contributed by atoms with Crippen molar-refractivity contribution in [1.82, 2.24) is 16.0 Å². The minimum absolute atomic E-state index is 0.00321. The summed E-state index contributed by atoms with van der Waals surface area (Å²) in [5, 5.41) is 9.17. The Labute approximate surface area is 148 Å². The summed E-state index contributed by atoms with van der Waals surface area (Å²) in [5.41, 5.74) is 1.41. The molecule has 0 aromatic heterocycles. The van der Waals surface area contributed by atoms with Gasteiger partial charge in [-0.05, 0) is 50.2 Å². The van der Waals surface area contributed by atoms with Crippen molar-refractivity contribution >= 4 is 17.6 Å². The van der Waals surface area contributed by atoms with Crippen LogP contribution in [0, 0.1) is 5.41 Å². The van der Waals surface area contributed by atoms with Gasteiger partial charge in [-0.1, -0.05) is 0 Å². The summed E-state index contributed by atoms with van der Waals surface area (Å²) in [6, 6.07) is 7.07. The molecule has 136 valence electrons. The van der Waals surface area contributed by atoms with Crippen molar-refractivity contribution in [3.05, 3.63) is 29.8 Å². The van der Waals surface area contributed by atoms with Crippen LogP contribution in [-0.2, 0) is 4.74 Å². The van der Waals surface area contributed by atoms with Crippen LogP contribution in [0.2, 0.25) is 0 Å². The van der Waals surface area contributed by atoms with Gasteiger partial charge in [-0.25, -0.2) is 4.79 Å². The molecule has 2 saturated heterocycles. The van der Waals surface area contributed by atoms with Gasteiger partial charge in [0.25, 0.3) is 5.91 Å². The number of anilines is 1. The third kappa shape index (κ3) is 4.11. The number of piperidine rings is 1. The Morgan fingerprint density at radius 3 is 2.56 bits per heavy atom. The Bertz CT molecular complexity index is 606. The molecule has 2 fully saturated rings. The molecule has 1 aromatic rings. The molecule has 0 aliphatic carbocycles. The van der Waals surface area contributed by atoms with E-state index in [9.17, 15) is 9.59 Å². The van der Waals surface area contributed by atoms with Crippen molar-refractivity contribution in [2.45, 2.75) is 12.8 Å². The maximum Gasteiger partial charge on any atom is 0.321 e. The number of methoxy groups -OCH3 is 1. The number of ether oxygens (including phenoxy) is 1. The first kappa shape index (κ1) is 17.7. The van der Waals surface area contributed by atoms with Crippen molar-refractivity contribution in [2.24, 2.45) is 5.41 Å². The molecule has 3 rings (SSSR count). The van der Waals surface area contributed by atoms with Gasteiger partial charge in [0.1, 0.15) is 0 Å². The second-order valence-electron chi connectivity index (χ2n) is 6.80. The van der Waals surface area contributed by atoms with Crippen molar-refractivity contribution in [1.29, 1.82) is 0 Å². The third-order valence-electron chi connectivity index (χ3n) is 5.04. The van der Waals surface area contributed by atoms with Crippen molar-refractivity contribution < 1.29 is 14.3 Å². The lowest BCUT2D eigenvalue weighted by Crippen LogP contribution is -2.47. The maximum atomic E-state index is 12.5. The highest BCUT2D eigenvalue weighted by atomic mass is 16.5. The molecule has 0 radical (unpaired) electrons. The molecule has 7 heteroatoms. The number of amides is 3. The lowest BCUT2D eigenvalue weighted by molar-refractivity contribution is 0.0512. The Hall–Kier alpha value is -2.12. The number of benzene rings is 1. The lowest BCUT2D eigenvalue weighted by Gasteiger charge is -2.37. The van der Waals surface area contributed by atoms with Crippen LogP contribution in [0.15, 0.2) is 24.3 Å². The molecular weight excluding hydrogens is 320 g/mol. The molecule has 1 aromatic carbocycles. The normalized spacial score (nSPS) is 19.6. The molecule has 3 amide bonds. The summed E-state index contributed by atoms with van der Waals surface area (Å²) in [4.78, 5) is 25.8. The standard InChI is InChI=1S/C18H26N4O3/c1-25-13-18(6-8-19-9-7-18)12-21-16(23)14-2-4-15(5-3-14)22-11-10-20-17(22)24/h2-5,19H,6-13H2,1H3,(H,20,24)(H,21,23). The molecule has 0 bridgehead atoms. The Morgan fingerprint density at radius 2 is 1.96 bits per heavy atom. The van der Waals surface area contributed by atoms with Crippen LogP contribution in [-0.4, -0.2) is 58.4 Å². The predicted molar refractivity (Wildman–Crippen MR) is 95.9 cm³/mol. The van der Waals surface area contributed by atoms with E-state index in [1.807, 2.05) is 12.1 Å². The molecule has 2 aliphatic rings. The molecule has 0 saturated carbocycles. The highest BCUT2D eigenvalue weighted by Gasteiger charge is 2.32. The van der Waals surface area contributed by atoms with E-state index >= 15 is 0 Å². The van der Waals surface area contributed by atoms with E-state index in [2.05, 4.69) is 16.0 Å². The summed E-state index contributed by atoms with van der Waals surface area (Å²) < 4.78 is 5.38.